The van der Waals surface area contributed by atoms with E-state index in [1.54, 1.807) is 4.90 Å². The molecular formula is C16H22N2O3. The van der Waals surface area contributed by atoms with Gasteiger partial charge in [-0.05, 0) is 24.3 Å². The Balaban J connectivity index is 1.68. The largest absolute Gasteiger partial charge is 0.445 e. The van der Waals surface area contributed by atoms with E-state index >= 15 is 0 Å². The molecule has 1 aliphatic rings. The van der Waals surface area contributed by atoms with Crippen molar-refractivity contribution in [1.29, 1.82) is 0 Å². The summed E-state index contributed by atoms with van der Waals surface area (Å²) in [5.41, 5.74) is 0.993. The van der Waals surface area contributed by atoms with Gasteiger partial charge in [0, 0.05) is 26.6 Å². The lowest BCUT2D eigenvalue weighted by molar-refractivity contribution is -0.119. The van der Waals surface area contributed by atoms with Crippen molar-refractivity contribution >= 4 is 12.0 Å². The van der Waals surface area contributed by atoms with Crippen molar-refractivity contribution < 1.29 is 14.3 Å². The van der Waals surface area contributed by atoms with Gasteiger partial charge in [-0.25, -0.2) is 4.79 Å². The lowest BCUT2D eigenvalue weighted by atomic mass is 10.1. The van der Waals surface area contributed by atoms with Gasteiger partial charge in [-0.3, -0.25) is 4.79 Å². The van der Waals surface area contributed by atoms with Crippen LogP contribution in [0.2, 0.25) is 0 Å². The van der Waals surface area contributed by atoms with Gasteiger partial charge in [0.05, 0.1) is 0 Å². The van der Waals surface area contributed by atoms with E-state index < -0.39 is 0 Å². The molecule has 5 nitrogen and oxygen atoms in total. The summed E-state index contributed by atoms with van der Waals surface area (Å²) < 4.78 is 5.32. The molecule has 0 spiro atoms. The van der Waals surface area contributed by atoms with Gasteiger partial charge in [-0.15, -0.1) is 0 Å². The fourth-order valence-electron chi connectivity index (χ4n) is 2.50. The van der Waals surface area contributed by atoms with E-state index in [2.05, 4.69) is 5.32 Å². The zero-order valence-electron chi connectivity index (χ0n) is 12.4. The van der Waals surface area contributed by atoms with Crippen LogP contribution in [0.4, 0.5) is 4.79 Å². The van der Waals surface area contributed by atoms with E-state index in [-0.39, 0.29) is 12.0 Å². The number of carbonyl (C=O) groups is 2. The van der Waals surface area contributed by atoms with E-state index in [4.69, 9.17) is 4.74 Å². The van der Waals surface area contributed by atoms with Crippen molar-refractivity contribution in [2.45, 2.75) is 26.4 Å². The molecule has 1 unspecified atom stereocenters. The highest BCUT2D eigenvalue weighted by Crippen LogP contribution is 2.20. The molecule has 1 aromatic carbocycles. The Morgan fingerprint density at radius 3 is 2.81 bits per heavy atom. The highest BCUT2D eigenvalue weighted by atomic mass is 16.6. The Labute approximate surface area is 125 Å². The molecule has 1 atom stereocenters. The van der Waals surface area contributed by atoms with E-state index in [1.807, 2.05) is 30.3 Å². The normalized spacial score (nSPS) is 17.6. The van der Waals surface area contributed by atoms with E-state index in [0.717, 1.165) is 24.9 Å². The van der Waals surface area contributed by atoms with Gasteiger partial charge in [-0.2, -0.15) is 0 Å². The Hall–Kier alpha value is -2.04. The lowest BCUT2D eigenvalue weighted by Gasteiger charge is -2.16. The third-order valence-corrected chi connectivity index (χ3v) is 3.68. The van der Waals surface area contributed by atoms with E-state index in [9.17, 15) is 9.59 Å². The van der Waals surface area contributed by atoms with Gasteiger partial charge in [0.1, 0.15) is 6.61 Å². The first kappa shape index (κ1) is 15.4. The molecule has 1 aliphatic heterocycles. The molecule has 1 heterocycles. The topological polar surface area (TPSA) is 58.6 Å². The number of carbonyl (C=O) groups excluding carboxylic acids is 2. The number of benzene rings is 1. The average Bonchev–Trinajstić information content (AvgIpc) is 2.94. The smallest absolute Gasteiger partial charge is 0.410 e. The van der Waals surface area contributed by atoms with Crippen LogP contribution in [0, 0.1) is 5.92 Å². The molecule has 1 N–H and O–H groups in total. The molecule has 0 aliphatic carbocycles. The molecule has 0 bridgehead atoms. The average molecular weight is 290 g/mol. The summed E-state index contributed by atoms with van der Waals surface area (Å²) in [4.78, 5) is 24.5. The molecule has 2 rings (SSSR count). The second-order valence-corrected chi connectivity index (χ2v) is 5.41. The summed E-state index contributed by atoms with van der Waals surface area (Å²) in [5, 5.41) is 2.79. The minimum absolute atomic E-state index is 0.00729. The van der Waals surface area contributed by atoms with Crippen molar-refractivity contribution in [3.05, 3.63) is 35.9 Å². The summed E-state index contributed by atoms with van der Waals surface area (Å²) in [7, 11) is 0. The van der Waals surface area contributed by atoms with Crippen LogP contribution in [0.15, 0.2) is 30.3 Å². The van der Waals surface area contributed by atoms with Crippen molar-refractivity contribution in [2.24, 2.45) is 5.92 Å². The van der Waals surface area contributed by atoms with Gasteiger partial charge in [0.2, 0.25) is 5.91 Å². The molecule has 2 amide bonds. The van der Waals surface area contributed by atoms with Crippen LogP contribution in [0.5, 0.6) is 0 Å². The number of rotatable bonds is 5. The number of hydrogen-bond donors (Lipinski definition) is 1. The summed E-state index contributed by atoms with van der Waals surface area (Å²) in [5.74, 6) is 0.438. The van der Waals surface area contributed by atoms with E-state index in [0.29, 0.717) is 25.6 Å². The van der Waals surface area contributed by atoms with Crippen LogP contribution in [0.1, 0.15) is 25.3 Å². The minimum Gasteiger partial charge on any atom is -0.445 e. The Morgan fingerprint density at radius 2 is 2.10 bits per heavy atom. The lowest BCUT2D eigenvalue weighted by Crippen LogP contribution is -2.30. The molecule has 21 heavy (non-hydrogen) atoms. The van der Waals surface area contributed by atoms with Crippen molar-refractivity contribution in [1.82, 2.24) is 10.2 Å². The quantitative estimate of drug-likeness (QED) is 0.904. The highest BCUT2D eigenvalue weighted by molar-refractivity contribution is 5.72. The van der Waals surface area contributed by atoms with E-state index in [1.165, 1.54) is 6.92 Å². The maximum Gasteiger partial charge on any atom is 0.410 e. The summed E-state index contributed by atoms with van der Waals surface area (Å²) >= 11 is 0. The molecule has 0 radical (unpaired) electrons. The number of ether oxygens (including phenoxy) is 1. The summed E-state index contributed by atoms with van der Waals surface area (Å²) in [6.45, 7) is 3.95. The Bertz CT molecular complexity index is 476. The number of nitrogens with zero attached hydrogens (tertiary/aromatic N) is 1. The molecule has 1 aromatic rings. The highest BCUT2D eigenvalue weighted by Gasteiger charge is 2.26. The Kier molecular flexibility index (Phi) is 5.60. The Morgan fingerprint density at radius 1 is 1.33 bits per heavy atom. The van der Waals surface area contributed by atoms with Gasteiger partial charge in [0.25, 0.3) is 0 Å². The first-order valence-corrected chi connectivity index (χ1v) is 7.35. The molecule has 1 saturated heterocycles. The van der Waals surface area contributed by atoms with Crippen LogP contribution in [-0.4, -0.2) is 36.5 Å². The van der Waals surface area contributed by atoms with Gasteiger partial charge in [0.15, 0.2) is 0 Å². The van der Waals surface area contributed by atoms with Gasteiger partial charge < -0.3 is 15.0 Å². The maximum absolute atomic E-state index is 12.0. The van der Waals surface area contributed by atoms with Crippen molar-refractivity contribution in [3.63, 3.8) is 0 Å². The zero-order valence-corrected chi connectivity index (χ0v) is 12.4. The number of nitrogens with one attached hydrogen (secondary N) is 1. The van der Waals surface area contributed by atoms with Crippen LogP contribution in [-0.2, 0) is 16.1 Å². The van der Waals surface area contributed by atoms with Crippen molar-refractivity contribution in [2.75, 3.05) is 19.6 Å². The summed E-state index contributed by atoms with van der Waals surface area (Å²) in [6.07, 6.45) is 1.63. The molecule has 0 aromatic heterocycles. The number of hydrogen-bond acceptors (Lipinski definition) is 3. The molecule has 0 saturated carbocycles. The van der Waals surface area contributed by atoms with Gasteiger partial charge >= 0.3 is 6.09 Å². The minimum atomic E-state index is -0.249. The monoisotopic (exact) mass is 290 g/mol. The molecule has 1 fully saturated rings. The second-order valence-electron chi connectivity index (χ2n) is 5.41. The molecule has 5 heteroatoms. The number of likely N-dealkylation sites (tertiary alicyclic amines) is 1. The van der Waals surface area contributed by atoms with Crippen LogP contribution < -0.4 is 5.32 Å². The summed E-state index contributed by atoms with van der Waals surface area (Å²) in [6, 6.07) is 9.67. The van der Waals surface area contributed by atoms with Crippen molar-refractivity contribution in [3.8, 4) is 0 Å². The predicted molar refractivity (Wildman–Crippen MR) is 79.6 cm³/mol. The standard InChI is InChI=1S/C16H22N2O3/c1-13(19)17-9-7-14-8-10-18(11-14)16(20)21-12-15-5-3-2-4-6-15/h2-6,14H,7-12H2,1H3,(H,17,19). The van der Waals surface area contributed by atoms with Crippen LogP contribution in [0.3, 0.4) is 0 Å². The zero-order chi connectivity index (χ0) is 15.1. The molecular weight excluding hydrogens is 268 g/mol. The fourth-order valence-corrected chi connectivity index (χ4v) is 2.50. The third kappa shape index (κ3) is 5.10. The fraction of sp³-hybridized carbons (Fsp3) is 0.500. The number of amides is 2. The first-order chi connectivity index (χ1) is 10.1. The first-order valence-electron chi connectivity index (χ1n) is 7.35. The maximum atomic E-state index is 12.0. The third-order valence-electron chi connectivity index (χ3n) is 3.68. The van der Waals surface area contributed by atoms with Crippen LogP contribution >= 0.6 is 0 Å². The second kappa shape index (κ2) is 7.67. The predicted octanol–water partition coefficient (Wildman–Crippen LogP) is 2.17. The van der Waals surface area contributed by atoms with Gasteiger partial charge in [-0.1, -0.05) is 30.3 Å². The van der Waals surface area contributed by atoms with Crippen LogP contribution in [0.25, 0.3) is 0 Å². The molecule has 114 valence electrons. The SMILES string of the molecule is CC(=O)NCCC1CCN(C(=O)OCc2ccccc2)C1.